The molecule has 0 aliphatic carbocycles. The number of nitrogen functional groups attached to an aromatic ring is 1. The molecule has 0 fully saturated rings. The number of nitriles is 1. The van der Waals surface area contributed by atoms with Crippen molar-refractivity contribution in [3.63, 3.8) is 0 Å². The molecule has 2 nitrogen and oxygen atoms in total. The van der Waals surface area contributed by atoms with E-state index in [0.717, 1.165) is 14.5 Å². The van der Waals surface area contributed by atoms with Crippen molar-refractivity contribution in [2.45, 2.75) is 6.42 Å². The largest absolute Gasteiger partial charge is 0.398 e. The zero-order valence-electron chi connectivity index (χ0n) is 6.14. The number of hydrogen-bond donors (Lipinski definition) is 1. The molecule has 62 valence electrons. The molecule has 0 spiro atoms. The number of anilines is 1. The number of nitrogens with two attached hydrogens (primary N) is 1. The lowest BCUT2D eigenvalue weighted by Crippen LogP contribution is -1.95. The molecule has 0 aliphatic heterocycles. The maximum atomic E-state index is 8.52. The summed E-state index contributed by atoms with van der Waals surface area (Å²) in [5.74, 6) is 0. The van der Waals surface area contributed by atoms with Crippen LogP contribution in [0.4, 0.5) is 5.69 Å². The topological polar surface area (TPSA) is 49.8 Å². The first kappa shape index (κ1) is 9.56. The summed E-state index contributed by atoms with van der Waals surface area (Å²) in [6, 6.07) is 5.78. The highest BCUT2D eigenvalue weighted by atomic mass is 79.9. The van der Waals surface area contributed by atoms with Crippen molar-refractivity contribution in [3.05, 3.63) is 26.6 Å². The molecule has 0 heterocycles. The fourth-order valence-electron chi connectivity index (χ4n) is 0.868. The van der Waals surface area contributed by atoms with Gasteiger partial charge in [-0.05, 0) is 28.1 Å². The van der Waals surface area contributed by atoms with Crippen LogP contribution in [-0.2, 0) is 6.42 Å². The van der Waals surface area contributed by atoms with E-state index in [1.54, 1.807) is 0 Å². The van der Waals surface area contributed by atoms with Crippen molar-refractivity contribution in [2.75, 3.05) is 5.73 Å². The van der Waals surface area contributed by atoms with E-state index in [-0.39, 0.29) is 0 Å². The van der Waals surface area contributed by atoms with E-state index in [4.69, 9.17) is 11.0 Å². The maximum absolute atomic E-state index is 8.52. The third-order valence-corrected chi connectivity index (χ3v) is 2.94. The molecule has 0 bridgehead atoms. The van der Waals surface area contributed by atoms with Gasteiger partial charge < -0.3 is 5.73 Å². The Hall–Kier alpha value is -0.530. The van der Waals surface area contributed by atoms with Crippen LogP contribution in [0.5, 0.6) is 0 Å². The van der Waals surface area contributed by atoms with Crippen LogP contribution in [0.25, 0.3) is 0 Å². The van der Waals surface area contributed by atoms with E-state index in [1.165, 1.54) is 0 Å². The minimum atomic E-state index is 0.325. The summed E-state index contributed by atoms with van der Waals surface area (Å²) in [6.07, 6.45) is 0.325. The maximum Gasteiger partial charge on any atom is 0.0670 e. The van der Waals surface area contributed by atoms with E-state index in [0.29, 0.717) is 12.1 Å². The Balaban J connectivity index is 3.25. The second kappa shape index (κ2) is 3.92. The van der Waals surface area contributed by atoms with Crippen molar-refractivity contribution in [1.82, 2.24) is 0 Å². The zero-order valence-corrected chi connectivity index (χ0v) is 9.31. The van der Waals surface area contributed by atoms with Gasteiger partial charge in [-0.25, -0.2) is 0 Å². The van der Waals surface area contributed by atoms with Crippen LogP contribution in [0.3, 0.4) is 0 Å². The van der Waals surface area contributed by atoms with Crippen LogP contribution in [0, 0.1) is 11.3 Å². The Kier molecular flexibility index (Phi) is 3.12. The highest BCUT2D eigenvalue weighted by Gasteiger charge is 2.06. The monoisotopic (exact) mass is 288 g/mol. The second-order valence-electron chi connectivity index (χ2n) is 2.26. The van der Waals surface area contributed by atoms with E-state index >= 15 is 0 Å². The Morgan fingerprint density at radius 2 is 1.92 bits per heavy atom. The molecular weight excluding hydrogens is 284 g/mol. The first-order valence-electron chi connectivity index (χ1n) is 3.26. The molecule has 1 aromatic rings. The lowest BCUT2D eigenvalue weighted by atomic mass is 10.1. The predicted molar refractivity (Wildman–Crippen MR) is 55.6 cm³/mol. The van der Waals surface area contributed by atoms with E-state index in [1.807, 2.05) is 12.1 Å². The molecular formula is C8H6Br2N2. The Morgan fingerprint density at radius 1 is 1.33 bits per heavy atom. The van der Waals surface area contributed by atoms with Gasteiger partial charge in [0.05, 0.1) is 18.2 Å². The summed E-state index contributed by atoms with van der Waals surface area (Å²) < 4.78 is 1.71. The van der Waals surface area contributed by atoms with Gasteiger partial charge in [-0.2, -0.15) is 5.26 Å². The van der Waals surface area contributed by atoms with Gasteiger partial charge in [0.15, 0.2) is 0 Å². The number of nitrogens with zero attached hydrogens (tertiary/aromatic N) is 1. The molecule has 0 radical (unpaired) electrons. The minimum Gasteiger partial charge on any atom is -0.398 e. The fourth-order valence-corrected chi connectivity index (χ4v) is 1.73. The third kappa shape index (κ3) is 1.79. The third-order valence-electron chi connectivity index (χ3n) is 1.50. The first-order valence-corrected chi connectivity index (χ1v) is 4.84. The van der Waals surface area contributed by atoms with Crippen LogP contribution < -0.4 is 5.73 Å². The van der Waals surface area contributed by atoms with Crippen molar-refractivity contribution < 1.29 is 0 Å². The van der Waals surface area contributed by atoms with Crippen LogP contribution >= 0.6 is 31.9 Å². The van der Waals surface area contributed by atoms with E-state index in [2.05, 4.69) is 37.9 Å². The van der Waals surface area contributed by atoms with Gasteiger partial charge in [0.25, 0.3) is 0 Å². The smallest absolute Gasteiger partial charge is 0.0670 e. The molecule has 1 rings (SSSR count). The van der Waals surface area contributed by atoms with Gasteiger partial charge in [0, 0.05) is 14.5 Å². The number of benzene rings is 1. The molecule has 0 unspecified atom stereocenters. The standard InChI is InChI=1S/C8H6Br2N2/c9-6-1-2-7(10)8(12)5(6)3-4-11/h1-2H,3,12H2. The van der Waals surface area contributed by atoms with E-state index in [9.17, 15) is 0 Å². The van der Waals surface area contributed by atoms with Crippen molar-refractivity contribution in [3.8, 4) is 6.07 Å². The quantitative estimate of drug-likeness (QED) is 0.808. The van der Waals surface area contributed by atoms with Gasteiger partial charge >= 0.3 is 0 Å². The predicted octanol–water partition coefficient (Wildman–Crippen LogP) is 2.86. The molecule has 0 saturated heterocycles. The molecule has 0 aliphatic rings. The zero-order chi connectivity index (χ0) is 9.14. The molecule has 12 heavy (non-hydrogen) atoms. The summed E-state index contributed by atoms with van der Waals surface area (Å²) in [4.78, 5) is 0. The Morgan fingerprint density at radius 3 is 2.50 bits per heavy atom. The fraction of sp³-hybridized carbons (Fsp3) is 0.125. The van der Waals surface area contributed by atoms with E-state index < -0.39 is 0 Å². The molecule has 0 aromatic heterocycles. The number of hydrogen-bond acceptors (Lipinski definition) is 2. The Bertz CT molecular complexity index is 342. The summed E-state index contributed by atoms with van der Waals surface area (Å²) in [5, 5.41) is 8.52. The minimum absolute atomic E-state index is 0.325. The average molecular weight is 290 g/mol. The van der Waals surface area contributed by atoms with Gasteiger partial charge in [-0.15, -0.1) is 0 Å². The van der Waals surface area contributed by atoms with Gasteiger partial charge in [-0.1, -0.05) is 15.9 Å². The summed E-state index contributed by atoms with van der Waals surface area (Å²) in [6.45, 7) is 0. The van der Waals surface area contributed by atoms with Crippen molar-refractivity contribution in [1.29, 1.82) is 5.26 Å². The van der Waals surface area contributed by atoms with Gasteiger partial charge in [0.2, 0.25) is 0 Å². The van der Waals surface area contributed by atoms with Gasteiger partial charge in [0.1, 0.15) is 0 Å². The van der Waals surface area contributed by atoms with Crippen LogP contribution in [0.1, 0.15) is 5.56 Å². The molecule has 0 amide bonds. The molecule has 2 N–H and O–H groups in total. The van der Waals surface area contributed by atoms with Crippen LogP contribution in [0.15, 0.2) is 21.1 Å². The number of halogens is 2. The molecule has 0 atom stereocenters. The van der Waals surface area contributed by atoms with Crippen LogP contribution in [0.2, 0.25) is 0 Å². The SMILES string of the molecule is N#CCc1c(Br)ccc(Br)c1N. The van der Waals surface area contributed by atoms with Gasteiger partial charge in [-0.3, -0.25) is 0 Å². The highest BCUT2D eigenvalue weighted by Crippen LogP contribution is 2.29. The van der Waals surface area contributed by atoms with Crippen molar-refractivity contribution in [2.24, 2.45) is 0 Å². The molecule has 1 aromatic carbocycles. The summed E-state index contributed by atoms with van der Waals surface area (Å²) in [5.41, 5.74) is 7.21. The van der Waals surface area contributed by atoms with Crippen molar-refractivity contribution >= 4 is 37.5 Å². The summed E-state index contributed by atoms with van der Waals surface area (Å²) >= 11 is 6.63. The normalized spacial score (nSPS) is 9.42. The highest BCUT2D eigenvalue weighted by molar-refractivity contribution is 9.11. The lowest BCUT2D eigenvalue weighted by molar-refractivity contribution is 1.24. The average Bonchev–Trinajstić information content (AvgIpc) is 2.06. The number of rotatable bonds is 1. The second-order valence-corrected chi connectivity index (χ2v) is 3.97. The Labute approximate surface area is 87.6 Å². The first-order chi connectivity index (χ1) is 5.66. The molecule has 4 heteroatoms. The molecule has 0 saturated carbocycles. The van der Waals surface area contributed by atoms with Crippen LogP contribution in [-0.4, -0.2) is 0 Å². The summed E-state index contributed by atoms with van der Waals surface area (Å²) in [7, 11) is 0. The lowest BCUT2D eigenvalue weighted by Gasteiger charge is -2.05.